The zero-order valence-corrected chi connectivity index (χ0v) is 12.0. The van der Waals surface area contributed by atoms with Crippen LogP contribution in [-0.2, 0) is 6.54 Å². The van der Waals surface area contributed by atoms with Gasteiger partial charge in [-0.2, -0.15) is 0 Å². The average Bonchev–Trinajstić information content (AvgIpc) is 2.90. The van der Waals surface area contributed by atoms with Crippen molar-refractivity contribution in [1.82, 2.24) is 4.90 Å². The average molecular weight is 275 g/mol. The van der Waals surface area contributed by atoms with Gasteiger partial charge in [-0.15, -0.1) is 0 Å². The molecule has 0 saturated carbocycles. The van der Waals surface area contributed by atoms with Crippen LogP contribution in [0.25, 0.3) is 0 Å². The van der Waals surface area contributed by atoms with E-state index in [1.807, 2.05) is 55.3 Å². The number of hydrogen-bond donors (Lipinski definition) is 1. The van der Waals surface area contributed by atoms with Gasteiger partial charge < -0.3 is 14.3 Å². The number of nitrogens with zero attached hydrogens (tertiary/aromatic N) is 1. The molecule has 4 heteroatoms. The third kappa shape index (κ3) is 4.72. The van der Waals surface area contributed by atoms with Crippen LogP contribution in [0, 0.1) is 6.92 Å². The molecule has 2 rings (SSSR count). The summed E-state index contributed by atoms with van der Waals surface area (Å²) >= 11 is 0. The highest BCUT2D eigenvalue weighted by atomic mass is 16.5. The van der Waals surface area contributed by atoms with E-state index in [4.69, 9.17) is 9.15 Å². The Labute approximate surface area is 119 Å². The lowest BCUT2D eigenvalue weighted by Gasteiger charge is -2.19. The molecule has 1 atom stereocenters. The number of likely N-dealkylation sites (N-methyl/N-ethyl adjacent to an activating group) is 1. The molecule has 0 bridgehead atoms. The zero-order valence-electron chi connectivity index (χ0n) is 12.0. The van der Waals surface area contributed by atoms with Crippen LogP contribution >= 0.6 is 0 Å². The maximum Gasteiger partial charge on any atom is 0.119 e. The van der Waals surface area contributed by atoms with Gasteiger partial charge in [-0.3, -0.25) is 4.90 Å². The van der Waals surface area contributed by atoms with Crippen molar-refractivity contribution in [2.45, 2.75) is 19.6 Å². The van der Waals surface area contributed by atoms with Gasteiger partial charge in [-0.25, -0.2) is 0 Å². The standard InChI is InChI=1S/C16H21NO3/c1-13-5-7-15(8-6-13)20-12-14(18)10-17(2)11-16-4-3-9-19-16/h3-9,14,18H,10-12H2,1-2H3/t14-/m1/s1. The first-order valence-corrected chi connectivity index (χ1v) is 6.72. The van der Waals surface area contributed by atoms with Crippen molar-refractivity contribution in [1.29, 1.82) is 0 Å². The van der Waals surface area contributed by atoms with Gasteiger partial charge in [-0.1, -0.05) is 17.7 Å². The molecule has 0 saturated heterocycles. The van der Waals surface area contributed by atoms with E-state index in [9.17, 15) is 5.11 Å². The summed E-state index contributed by atoms with van der Waals surface area (Å²) in [5, 5.41) is 9.97. The summed E-state index contributed by atoms with van der Waals surface area (Å²) in [6.45, 7) is 3.52. The van der Waals surface area contributed by atoms with Crippen LogP contribution in [0.15, 0.2) is 47.1 Å². The van der Waals surface area contributed by atoms with Crippen molar-refractivity contribution in [3.63, 3.8) is 0 Å². The van der Waals surface area contributed by atoms with Gasteiger partial charge in [-0.05, 0) is 38.2 Å². The number of aliphatic hydroxyl groups excluding tert-OH is 1. The fourth-order valence-corrected chi connectivity index (χ4v) is 1.97. The lowest BCUT2D eigenvalue weighted by atomic mass is 10.2. The van der Waals surface area contributed by atoms with Crippen LogP contribution in [0.5, 0.6) is 5.75 Å². The van der Waals surface area contributed by atoms with Crippen LogP contribution in [0.3, 0.4) is 0 Å². The van der Waals surface area contributed by atoms with Crippen LogP contribution in [0.4, 0.5) is 0 Å². The van der Waals surface area contributed by atoms with E-state index < -0.39 is 6.10 Å². The highest BCUT2D eigenvalue weighted by molar-refractivity contribution is 5.26. The molecular weight excluding hydrogens is 254 g/mol. The Morgan fingerprint density at radius 3 is 2.65 bits per heavy atom. The third-order valence-corrected chi connectivity index (χ3v) is 2.99. The number of hydrogen-bond acceptors (Lipinski definition) is 4. The van der Waals surface area contributed by atoms with Crippen LogP contribution in [0.1, 0.15) is 11.3 Å². The molecule has 1 aromatic carbocycles. The molecule has 0 unspecified atom stereocenters. The molecule has 0 fully saturated rings. The molecule has 0 aliphatic heterocycles. The van der Waals surface area contributed by atoms with Gasteiger partial charge in [0.25, 0.3) is 0 Å². The van der Waals surface area contributed by atoms with Crippen molar-refractivity contribution < 1.29 is 14.3 Å². The van der Waals surface area contributed by atoms with Crippen molar-refractivity contribution in [2.24, 2.45) is 0 Å². The summed E-state index contributed by atoms with van der Waals surface area (Å²) in [5.74, 6) is 1.67. The maximum absolute atomic E-state index is 9.97. The first-order valence-electron chi connectivity index (χ1n) is 6.72. The Morgan fingerprint density at radius 2 is 2.00 bits per heavy atom. The quantitative estimate of drug-likeness (QED) is 0.843. The van der Waals surface area contributed by atoms with Crippen molar-refractivity contribution in [3.8, 4) is 5.75 Å². The second-order valence-corrected chi connectivity index (χ2v) is 5.05. The Bertz CT molecular complexity index is 493. The molecule has 0 radical (unpaired) electrons. The van der Waals surface area contributed by atoms with Gasteiger partial charge in [0, 0.05) is 6.54 Å². The van der Waals surface area contributed by atoms with Crippen molar-refractivity contribution in [3.05, 3.63) is 54.0 Å². The monoisotopic (exact) mass is 275 g/mol. The van der Waals surface area contributed by atoms with Crippen LogP contribution in [0.2, 0.25) is 0 Å². The highest BCUT2D eigenvalue weighted by Crippen LogP contribution is 2.12. The molecule has 0 aliphatic carbocycles. The second-order valence-electron chi connectivity index (χ2n) is 5.05. The Balaban J connectivity index is 1.71. The fourth-order valence-electron chi connectivity index (χ4n) is 1.97. The van der Waals surface area contributed by atoms with Gasteiger partial charge in [0.05, 0.1) is 12.8 Å². The first-order chi connectivity index (χ1) is 9.63. The molecule has 0 spiro atoms. The van der Waals surface area contributed by atoms with E-state index in [0.717, 1.165) is 11.5 Å². The predicted molar refractivity (Wildman–Crippen MR) is 77.7 cm³/mol. The van der Waals surface area contributed by atoms with E-state index in [2.05, 4.69) is 0 Å². The normalized spacial score (nSPS) is 12.6. The summed E-state index contributed by atoms with van der Waals surface area (Å²) in [6.07, 6.45) is 1.12. The number of rotatable bonds is 7. The largest absolute Gasteiger partial charge is 0.491 e. The smallest absolute Gasteiger partial charge is 0.119 e. The van der Waals surface area contributed by atoms with E-state index in [0.29, 0.717) is 13.1 Å². The SMILES string of the molecule is Cc1ccc(OC[C@H](O)CN(C)Cc2ccco2)cc1. The fraction of sp³-hybridized carbons (Fsp3) is 0.375. The van der Waals surface area contributed by atoms with Gasteiger partial charge in [0.1, 0.15) is 24.2 Å². The third-order valence-electron chi connectivity index (χ3n) is 2.99. The Kier molecular flexibility index (Phi) is 5.21. The summed E-state index contributed by atoms with van der Waals surface area (Å²) in [7, 11) is 1.94. The van der Waals surface area contributed by atoms with E-state index >= 15 is 0 Å². The minimum atomic E-state index is -0.531. The number of ether oxygens (including phenoxy) is 1. The van der Waals surface area contributed by atoms with Crippen molar-refractivity contribution >= 4 is 0 Å². The Morgan fingerprint density at radius 1 is 1.25 bits per heavy atom. The molecule has 2 aromatic rings. The molecule has 108 valence electrons. The van der Waals surface area contributed by atoms with E-state index in [-0.39, 0.29) is 6.61 Å². The molecule has 1 heterocycles. The molecule has 20 heavy (non-hydrogen) atoms. The lowest BCUT2D eigenvalue weighted by Crippen LogP contribution is -2.32. The van der Waals surface area contributed by atoms with E-state index in [1.165, 1.54) is 5.56 Å². The zero-order chi connectivity index (χ0) is 14.4. The van der Waals surface area contributed by atoms with Gasteiger partial charge >= 0.3 is 0 Å². The molecule has 0 amide bonds. The highest BCUT2D eigenvalue weighted by Gasteiger charge is 2.10. The lowest BCUT2D eigenvalue weighted by molar-refractivity contribution is 0.0725. The number of aliphatic hydroxyl groups is 1. The summed E-state index contributed by atoms with van der Waals surface area (Å²) in [5.41, 5.74) is 1.19. The minimum absolute atomic E-state index is 0.283. The van der Waals surface area contributed by atoms with Crippen molar-refractivity contribution in [2.75, 3.05) is 20.2 Å². The molecule has 4 nitrogen and oxygen atoms in total. The summed E-state index contributed by atoms with van der Waals surface area (Å²) in [6, 6.07) is 11.6. The van der Waals surface area contributed by atoms with Crippen LogP contribution < -0.4 is 4.74 Å². The predicted octanol–water partition coefficient (Wildman–Crippen LogP) is 2.46. The van der Waals surface area contributed by atoms with Crippen LogP contribution in [-0.4, -0.2) is 36.3 Å². The molecule has 1 N–H and O–H groups in total. The molecule has 1 aromatic heterocycles. The minimum Gasteiger partial charge on any atom is -0.491 e. The summed E-state index contributed by atoms with van der Waals surface area (Å²) in [4.78, 5) is 2.00. The second kappa shape index (κ2) is 7.12. The topological polar surface area (TPSA) is 45.8 Å². The van der Waals surface area contributed by atoms with Gasteiger partial charge in [0.15, 0.2) is 0 Å². The molecular formula is C16H21NO3. The summed E-state index contributed by atoms with van der Waals surface area (Å²) < 4.78 is 10.8. The number of furan rings is 1. The number of aryl methyl sites for hydroxylation is 1. The number of benzene rings is 1. The Hall–Kier alpha value is -1.78. The maximum atomic E-state index is 9.97. The van der Waals surface area contributed by atoms with E-state index in [1.54, 1.807) is 6.26 Å². The molecule has 0 aliphatic rings. The first kappa shape index (κ1) is 14.6. The van der Waals surface area contributed by atoms with Gasteiger partial charge in [0.2, 0.25) is 0 Å².